The topological polar surface area (TPSA) is 98.9 Å². The van der Waals surface area contributed by atoms with Gasteiger partial charge < -0.3 is 15.2 Å². The van der Waals surface area contributed by atoms with Crippen LogP contribution in [-0.4, -0.2) is 44.4 Å². The lowest BCUT2D eigenvalue weighted by Crippen LogP contribution is -2.50. The zero-order valence-corrected chi connectivity index (χ0v) is 12.8. The van der Waals surface area contributed by atoms with Gasteiger partial charge in [0, 0.05) is 12.6 Å². The minimum Gasteiger partial charge on any atom is -0.486 e. The molecule has 8 heteroatoms. The van der Waals surface area contributed by atoms with Crippen molar-refractivity contribution in [2.24, 2.45) is 5.73 Å². The van der Waals surface area contributed by atoms with Crippen LogP contribution in [-0.2, 0) is 14.8 Å². The standard InChI is InChI=1S/C14H18N2O5S/c15-14(17)11-3-1-2-6-16(11)22(18,19)10-4-5-12-13(9-10)21-8-7-20-12/h4-5,9,11H,1-3,6-8H2,(H2,15,17)/t11-/m1/s1. The molecule has 7 nitrogen and oxygen atoms in total. The largest absolute Gasteiger partial charge is 0.486 e. The van der Waals surface area contributed by atoms with Crippen LogP contribution in [0.2, 0.25) is 0 Å². The molecule has 1 atom stereocenters. The summed E-state index contributed by atoms with van der Waals surface area (Å²) in [6.45, 7) is 1.11. The van der Waals surface area contributed by atoms with Crippen molar-refractivity contribution < 1.29 is 22.7 Å². The van der Waals surface area contributed by atoms with E-state index in [-0.39, 0.29) is 4.90 Å². The number of nitrogens with two attached hydrogens (primary N) is 1. The number of hydrogen-bond acceptors (Lipinski definition) is 5. The molecule has 0 saturated carbocycles. The molecule has 0 bridgehead atoms. The summed E-state index contributed by atoms with van der Waals surface area (Å²) in [7, 11) is -3.79. The second-order valence-corrected chi connectivity index (χ2v) is 7.23. The van der Waals surface area contributed by atoms with Gasteiger partial charge in [0.25, 0.3) is 0 Å². The van der Waals surface area contributed by atoms with Crippen molar-refractivity contribution in [1.29, 1.82) is 0 Å². The molecule has 2 N–H and O–H groups in total. The van der Waals surface area contributed by atoms with Gasteiger partial charge in [0.2, 0.25) is 15.9 Å². The van der Waals surface area contributed by atoms with Gasteiger partial charge in [0.15, 0.2) is 11.5 Å². The van der Waals surface area contributed by atoms with Crippen LogP contribution in [0.1, 0.15) is 19.3 Å². The van der Waals surface area contributed by atoms with Crippen molar-refractivity contribution >= 4 is 15.9 Å². The number of hydrogen-bond donors (Lipinski definition) is 1. The fourth-order valence-corrected chi connectivity index (χ4v) is 4.48. The molecule has 0 unspecified atom stereocenters. The maximum absolute atomic E-state index is 12.8. The van der Waals surface area contributed by atoms with Crippen LogP contribution in [0.15, 0.2) is 23.1 Å². The van der Waals surface area contributed by atoms with Crippen LogP contribution in [0, 0.1) is 0 Å². The van der Waals surface area contributed by atoms with E-state index in [4.69, 9.17) is 15.2 Å². The molecule has 1 amide bonds. The molecule has 0 aliphatic carbocycles. The molecule has 0 radical (unpaired) electrons. The van der Waals surface area contributed by atoms with Gasteiger partial charge in [0.05, 0.1) is 4.90 Å². The molecule has 22 heavy (non-hydrogen) atoms. The summed E-state index contributed by atoms with van der Waals surface area (Å²) in [5.41, 5.74) is 5.35. The van der Waals surface area contributed by atoms with Crippen molar-refractivity contribution in [2.45, 2.75) is 30.2 Å². The molecule has 120 valence electrons. The molecule has 3 rings (SSSR count). The highest BCUT2D eigenvalue weighted by Gasteiger charge is 2.37. The molecule has 1 fully saturated rings. The van der Waals surface area contributed by atoms with Gasteiger partial charge in [-0.2, -0.15) is 4.31 Å². The Morgan fingerprint density at radius 3 is 2.64 bits per heavy atom. The maximum Gasteiger partial charge on any atom is 0.243 e. The first-order valence-corrected chi connectivity index (χ1v) is 8.65. The number of nitrogens with zero attached hydrogens (tertiary/aromatic N) is 1. The van der Waals surface area contributed by atoms with E-state index in [1.54, 1.807) is 6.07 Å². The molecule has 0 spiro atoms. The zero-order valence-electron chi connectivity index (χ0n) is 12.0. The van der Waals surface area contributed by atoms with Gasteiger partial charge in [0.1, 0.15) is 19.3 Å². The Bertz CT molecular complexity index is 688. The number of sulfonamides is 1. The summed E-state index contributed by atoms with van der Waals surface area (Å²) >= 11 is 0. The van der Waals surface area contributed by atoms with E-state index in [9.17, 15) is 13.2 Å². The fourth-order valence-electron chi connectivity index (χ4n) is 2.80. The molecule has 1 aromatic carbocycles. The third kappa shape index (κ3) is 2.64. The van der Waals surface area contributed by atoms with Gasteiger partial charge in [-0.1, -0.05) is 6.42 Å². The monoisotopic (exact) mass is 326 g/mol. The van der Waals surface area contributed by atoms with E-state index in [0.29, 0.717) is 44.1 Å². The number of fused-ring (bicyclic) bond motifs is 1. The number of amides is 1. The predicted octanol–water partition coefficient (Wildman–Crippen LogP) is 0.486. The molecule has 2 aliphatic heterocycles. The van der Waals surface area contributed by atoms with Crippen LogP contribution in [0.5, 0.6) is 11.5 Å². The second kappa shape index (κ2) is 5.77. The van der Waals surface area contributed by atoms with E-state index >= 15 is 0 Å². The third-order valence-corrected chi connectivity index (χ3v) is 5.81. The van der Waals surface area contributed by atoms with Crippen LogP contribution >= 0.6 is 0 Å². The van der Waals surface area contributed by atoms with Crippen molar-refractivity contribution in [1.82, 2.24) is 4.31 Å². The minimum absolute atomic E-state index is 0.0879. The lowest BCUT2D eigenvalue weighted by Gasteiger charge is -2.32. The molecular formula is C14H18N2O5S. The SMILES string of the molecule is NC(=O)[C@H]1CCCCN1S(=O)(=O)c1ccc2c(c1)OCCO2. The first-order chi connectivity index (χ1) is 10.5. The summed E-state index contributed by atoms with van der Waals surface area (Å²) in [5, 5.41) is 0. The normalized spacial score (nSPS) is 22.3. The van der Waals surface area contributed by atoms with E-state index in [1.807, 2.05) is 0 Å². The molecule has 2 aliphatic rings. The first-order valence-electron chi connectivity index (χ1n) is 7.21. The van der Waals surface area contributed by atoms with Crippen molar-refractivity contribution in [3.05, 3.63) is 18.2 Å². The quantitative estimate of drug-likeness (QED) is 0.871. The van der Waals surface area contributed by atoms with Crippen LogP contribution in [0.25, 0.3) is 0 Å². The Labute approximate surface area is 129 Å². The average Bonchev–Trinajstić information content (AvgIpc) is 2.54. The summed E-state index contributed by atoms with van der Waals surface area (Å²) in [5.74, 6) is 0.316. The van der Waals surface area contributed by atoms with Gasteiger partial charge in [-0.05, 0) is 25.0 Å². The van der Waals surface area contributed by atoms with E-state index in [0.717, 1.165) is 6.42 Å². The van der Waals surface area contributed by atoms with E-state index in [2.05, 4.69) is 0 Å². The third-order valence-electron chi connectivity index (χ3n) is 3.90. The number of carbonyl (C=O) groups excluding carboxylic acids is 1. The number of ether oxygens (including phenoxy) is 2. The molecule has 0 aromatic heterocycles. The Balaban J connectivity index is 1.96. The Morgan fingerprint density at radius 1 is 1.18 bits per heavy atom. The van der Waals surface area contributed by atoms with Crippen LogP contribution in [0.4, 0.5) is 0 Å². The Hall–Kier alpha value is -1.80. The van der Waals surface area contributed by atoms with Crippen molar-refractivity contribution in [2.75, 3.05) is 19.8 Å². The van der Waals surface area contributed by atoms with E-state index < -0.39 is 22.0 Å². The highest BCUT2D eigenvalue weighted by molar-refractivity contribution is 7.89. The summed E-state index contributed by atoms with van der Waals surface area (Å²) in [6.07, 6.45) is 1.97. The average molecular weight is 326 g/mol. The van der Waals surface area contributed by atoms with Crippen LogP contribution < -0.4 is 15.2 Å². The number of benzene rings is 1. The predicted molar refractivity (Wildman–Crippen MR) is 78.2 cm³/mol. The first kappa shape index (κ1) is 15.1. The van der Waals surface area contributed by atoms with Gasteiger partial charge in [-0.15, -0.1) is 0 Å². The fraction of sp³-hybridized carbons (Fsp3) is 0.500. The molecule has 1 saturated heterocycles. The van der Waals surface area contributed by atoms with Crippen molar-refractivity contribution in [3.8, 4) is 11.5 Å². The lowest BCUT2D eigenvalue weighted by atomic mass is 10.0. The highest BCUT2D eigenvalue weighted by Crippen LogP contribution is 2.34. The van der Waals surface area contributed by atoms with Gasteiger partial charge in [-0.3, -0.25) is 4.79 Å². The van der Waals surface area contributed by atoms with Crippen molar-refractivity contribution in [3.63, 3.8) is 0 Å². The highest BCUT2D eigenvalue weighted by atomic mass is 32.2. The van der Waals surface area contributed by atoms with Crippen LogP contribution in [0.3, 0.4) is 0 Å². The molecular weight excluding hydrogens is 308 g/mol. The lowest BCUT2D eigenvalue weighted by molar-refractivity contribution is -0.122. The van der Waals surface area contributed by atoms with Gasteiger partial charge >= 0.3 is 0 Å². The number of rotatable bonds is 3. The maximum atomic E-state index is 12.8. The minimum atomic E-state index is -3.79. The smallest absolute Gasteiger partial charge is 0.243 e. The second-order valence-electron chi connectivity index (χ2n) is 5.34. The van der Waals surface area contributed by atoms with Gasteiger partial charge in [-0.25, -0.2) is 8.42 Å². The number of carbonyl (C=O) groups is 1. The summed E-state index contributed by atoms with van der Waals surface area (Å²) in [6, 6.07) is 3.70. The Kier molecular flexibility index (Phi) is 3.96. The molecule has 2 heterocycles. The Morgan fingerprint density at radius 2 is 1.91 bits per heavy atom. The summed E-state index contributed by atoms with van der Waals surface area (Å²) in [4.78, 5) is 11.6. The number of primary amides is 1. The summed E-state index contributed by atoms with van der Waals surface area (Å²) < 4.78 is 37.6. The van der Waals surface area contributed by atoms with E-state index in [1.165, 1.54) is 16.4 Å². The molecule has 1 aromatic rings. The zero-order chi connectivity index (χ0) is 15.7. The number of piperidine rings is 1.